The van der Waals surface area contributed by atoms with Crippen molar-refractivity contribution in [2.45, 2.75) is 63.5 Å². The maximum atomic E-state index is 15.3. The molecular weight excluding hydrogens is 428 g/mol. The summed E-state index contributed by atoms with van der Waals surface area (Å²) in [4.78, 5) is 28.9. The van der Waals surface area contributed by atoms with Crippen molar-refractivity contribution in [3.63, 3.8) is 0 Å². The van der Waals surface area contributed by atoms with Crippen molar-refractivity contribution in [1.29, 1.82) is 0 Å². The van der Waals surface area contributed by atoms with Crippen molar-refractivity contribution >= 4 is 35.1 Å². The number of primary amides is 1. The number of amides is 3. The Morgan fingerprint density at radius 1 is 1.27 bits per heavy atom. The first-order valence-electron chi connectivity index (χ1n) is 10.6. The van der Waals surface area contributed by atoms with Crippen LogP contribution in [0.25, 0.3) is 0 Å². The fourth-order valence-electron chi connectivity index (χ4n) is 6.11. The van der Waals surface area contributed by atoms with Gasteiger partial charge in [-0.05, 0) is 49.7 Å². The number of hydrogen-bond donors (Lipinski definition) is 1. The van der Waals surface area contributed by atoms with Crippen molar-refractivity contribution in [3.05, 3.63) is 33.6 Å². The van der Waals surface area contributed by atoms with Gasteiger partial charge in [0.05, 0.1) is 21.6 Å². The lowest BCUT2D eigenvalue weighted by Crippen LogP contribution is -2.52. The van der Waals surface area contributed by atoms with Crippen LogP contribution in [-0.4, -0.2) is 40.9 Å². The summed E-state index contributed by atoms with van der Waals surface area (Å²) in [6, 6.07) is 2.06. The standard InChI is InChI=1S/C22H28Cl2FN3O2/c1-21(8-3-4-9-21)18(16-15(25)6-5-14(23)17(16)24)28-20(30)27(2)12-22(28)10-7-13(11-22)19(26)29/h5-6,13,18H,3-4,7-12H2,1-2H3,(H2,26,29)/t13?,18-,22?/m1/s1. The molecule has 1 spiro atoms. The zero-order chi connectivity index (χ0) is 21.8. The van der Waals surface area contributed by atoms with Crippen molar-refractivity contribution < 1.29 is 14.0 Å². The van der Waals surface area contributed by atoms with Crippen LogP contribution in [0.3, 0.4) is 0 Å². The number of hydrogen-bond acceptors (Lipinski definition) is 2. The minimum Gasteiger partial charge on any atom is -0.369 e. The van der Waals surface area contributed by atoms with Crippen LogP contribution in [-0.2, 0) is 4.79 Å². The third kappa shape index (κ3) is 3.27. The largest absolute Gasteiger partial charge is 0.369 e. The normalized spacial score (nSPS) is 29.2. The van der Waals surface area contributed by atoms with Gasteiger partial charge in [-0.1, -0.05) is 43.0 Å². The van der Waals surface area contributed by atoms with Crippen LogP contribution in [0.4, 0.5) is 9.18 Å². The summed E-state index contributed by atoms with van der Waals surface area (Å²) < 4.78 is 15.3. The number of carbonyl (C=O) groups is 2. The number of rotatable bonds is 4. The number of halogens is 3. The van der Waals surface area contributed by atoms with Gasteiger partial charge in [-0.2, -0.15) is 0 Å². The molecule has 2 unspecified atom stereocenters. The van der Waals surface area contributed by atoms with Crippen LogP contribution in [0.1, 0.15) is 63.5 Å². The van der Waals surface area contributed by atoms with Crippen molar-refractivity contribution in [2.24, 2.45) is 17.1 Å². The second kappa shape index (κ2) is 7.56. The van der Waals surface area contributed by atoms with E-state index in [4.69, 9.17) is 28.9 Å². The molecule has 2 N–H and O–H groups in total. The van der Waals surface area contributed by atoms with Crippen molar-refractivity contribution in [3.8, 4) is 0 Å². The predicted molar refractivity (Wildman–Crippen MR) is 115 cm³/mol. The lowest BCUT2D eigenvalue weighted by molar-refractivity contribution is -0.121. The van der Waals surface area contributed by atoms with Gasteiger partial charge in [0, 0.05) is 25.1 Å². The van der Waals surface area contributed by atoms with Gasteiger partial charge in [-0.3, -0.25) is 4.79 Å². The maximum absolute atomic E-state index is 15.3. The van der Waals surface area contributed by atoms with Gasteiger partial charge in [0.1, 0.15) is 5.82 Å². The Balaban J connectivity index is 1.89. The van der Waals surface area contributed by atoms with Gasteiger partial charge in [0.15, 0.2) is 0 Å². The highest BCUT2D eigenvalue weighted by Crippen LogP contribution is 2.58. The second-order valence-corrected chi connectivity index (χ2v) is 10.4. The SMILES string of the molecule is CN1CC2(CCC(C(N)=O)C2)N([C@H](c2c(F)ccc(Cl)c2Cl)C2(C)CCCC2)C1=O. The summed E-state index contributed by atoms with van der Waals surface area (Å²) in [5, 5.41) is 0.437. The van der Waals surface area contributed by atoms with Gasteiger partial charge in [0.2, 0.25) is 5.91 Å². The number of urea groups is 1. The number of carbonyl (C=O) groups excluding carboxylic acids is 2. The summed E-state index contributed by atoms with van der Waals surface area (Å²) in [6.07, 6.45) is 5.53. The first-order valence-corrected chi connectivity index (χ1v) is 11.3. The van der Waals surface area contributed by atoms with E-state index >= 15 is 4.39 Å². The van der Waals surface area contributed by atoms with Crippen molar-refractivity contribution in [2.75, 3.05) is 13.6 Å². The lowest BCUT2D eigenvalue weighted by atomic mass is 9.74. The smallest absolute Gasteiger partial charge is 0.320 e. The molecule has 164 valence electrons. The highest BCUT2D eigenvalue weighted by molar-refractivity contribution is 6.42. The average Bonchev–Trinajstić information content (AvgIpc) is 3.37. The monoisotopic (exact) mass is 455 g/mol. The molecule has 1 heterocycles. The molecule has 5 nitrogen and oxygen atoms in total. The van der Waals surface area contributed by atoms with Gasteiger partial charge in [-0.15, -0.1) is 0 Å². The average molecular weight is 456 g/mol. The van der Waals surface area contributed by atoms with Gasteiger partial charge >= 0.3 is 6.03 Å². The molecule has 4 rings (SSSR count). The van der Waals surface area contributed by atoms with Crippen LogP contribution in [0, 0.1) is 17.2 Å². The topological polar surface area (TPSA) is 66.6 Å². The maximum Gasteiger partial charge on any atom is 0.320 e. The van der Waals surface area contributed by atoms with Gasteiger partial charge in [0.25, 0.3) is 0 Å². The van der Waals surface area contributed by atoms with E-state index in [-0.39, 0.29) is 33.3 Å². The molecule has 8 heteroatoms. The van der Waals surface area contributed by atoms with E-state index in [0.717, 1.165) is 25.7 Å². The summed E-state index contributed by atoms with van der Waals surface area (Å²) in [5.41, 5.74) is 4.99. The molecule has 2 saturated carbocycles. The Bertz CT molecular complexity index is 889. The van der Waals surface area contributed by atoms with E-state index in [9.17, 15) is 9.59 Å². The molecule has 1 aromatic carbocycles. The van der Waals surface area contributed by atoms with Crippen LogP contribution >= 0.6 is 23.2 Å². The Morgan fingerprint density at radius 2 is 1.93 bits per heavy atom. The number of nitrogens with two attached hydrogens (primary N) is 1. The summed E-state index contributed by atoms with van der Waals surface area (Å²) in [7, 11) is 1.76. The number of benzene rings is 1. The first kappa shape index (κ1) is 21.7. The van der Waals surface area contributed by atoms with Crippen LogP contribution in [0.5, 0.6) is 0 Å². The molecule has 3 amide bonds. The zero-order valence-corrected chi connectivity index (χ0v) is 18.9. The third-order valence-electron chi connectivity index (χ3n) is 7.58. The Labute approximate surface area is 186 Å². The second-order valence-electron chi connectivity index (χ2n) is 9.60. The molecule has 2 aliphatic carbocycles. The third-order valence-corrected chi connectivity index (χ3v) is 8.40. The van der Waals surface area contributed by atoms with E-state index in [0.29, 0.717) is 31.4 Å². The van der Waals surface area contributed by atoms with Crippen LogP contribution in [0.2, 0.25) is 10.0 Å². The fourth-order valence-corrected chi connectivity index (χ4v) is 6.53. The van der Waals surface area contributed by atoms with E-state index < -0.39 is 17.4 Å². The lowest BCUT2D eigenvalue weighted by Gasteiger charge is -2.47. The number of nitrogens with zero attached hydrogens (tertiary/aromatic N) is 2. The molecular formula is C22H28Cl2FN3O2. The van der Waals surface area contributed by atoms with Crippen LogP contribution in [0.15, 0.2) is 12.1 Å². The Morgan fingerprint density at radius 3 is 2.53 bits per heavy atom. The Kier molecular flexibility index (Phi) is 5.46. The zero-order valence-electron chi connectivity index (χ0n) is 17.4. The minimum atomic E-state index is -0.570. The molecule has 0 radical (unpaired) electrons. The number of likely N-dealkylation sites (N-methyl/N-ethyl adjacent to an activating group) is 1. The molecule has 30 heavy (non-hydrogen) atoms. The summed E-state index contributed by atoms with van der Waals surface area (Å²) in [5.74, 6) is -1.09. The quantitative estimate of drug-likeness (QED) is 0.638. The van der Waals surface area contributed by atoms with Gasteiger partial charge in [-0.25, -0.2) is 9.18 Å². The van der Waals surface area contributed by atoms with Crippen LogP contribution < -0.4 is 5.73 Å². The summed E-state index contributed by atoms with van der Waals surface area (Å²) in [6.45, 7) is 2.60. The molecule has 3 fully saturated rings. The predicted octanol–water partition coefficient (Wildman–Crippen LogP) is 5.15. The molecule has 3 atom stereocenters. The first-order chi connectivity index (χ1) is 14.1. The van der Waals surface area contributed by atoms with Crippen molar-refractivity contribution in [1.82, 2.24) is 9.80 Å². The Hall–Kier alpha value is -1.53. The molecule has 3 aliphatic rings. The molecule has 1 aliphatic heterocycles. The minimum absolute atomic E-state index is 0.159. The molecule has 0 aromatic heterocycles. The molecule has 1 saturated heterocycles. The highest BCUT2D eigenvalue weighted by atomic mass is 35.5. The molecule has 0 bridgehead atoms. The van der Waals surface area contributed by atoms with E-state index in [2.05, 4.69) is 6.92 Å². The van der Waals surface area contributed by atoms with E-state index in [1.165, 1.54) is 12.1 Å². The molecule has 1 aromatic rings. The van der Waals surface area contributed by atoms with Gasteiger partial charge < -0.3 is 15.5 Å². The van der Waals surface area contributed by atoms with E-state index in [1.807, 2.05) is 4.90 Å². The summed E-state index contributed by atoms with van der Waals surface area (Å²) >= 11 is 12.9. The fraction of sp³-hybridized carbons (Fsp3) is 0.636. The van der Waals surface area contributed by atoms with E-state index in [1.54, 1.807) is 11.9 Å². The highest BCUT2D eigenvalue weighted by Gasteiger charge is 2.59.